The van der Waals surface area contributed by atoms with Crippen LogP contribution in [0.5, 0.6) is 0 Å². The third-order valence-corrected chi connectivity index (χ3v) is 19.9. The van der Waals surface area contributed by atoms with Crippen molar-refractivity contribution in [2.75, 3.05) is 98.4 Å². The van der Waals surface area contributed by atoms with E-state index in [9.17, 15) is 33.3 Å². The first-order chi connectivity index (χ1) is 46.4. The summed E-state index contributed by atoms with van der Waals surface area (Å²) < 4.78 is 23.3. The number of rotatable bonds is 37. The number of aliphatic hydroxyl groups excluding tert-OH is 2. The van der Waals surface area contributed by atoms with Crippen molar-refractivity contribution in [2.45, 2.75) is 204 Å². The van der Waals surface area contributed by atoms with Crippen molar-refractivity contribution >= 4 is 123 Å². The Morgan fingerprint density at radius 2 is 0.703 bits per heavy atom. The largest absolute Gasteiger partial charge is 1.00 e. The number of unbranched alkanes of at least 4 members (excludes halogenated alkanes) is 12. The van der Waals surface area contributed by atoms with Gasteiger partial charge in [-0.05, 0) is 203 Å². The molecule has 19 nitrogen and oxygen atoms in total. The predicted molar refractivity (Wildman–Crippen MR) is 415 cm³/mol. The monoisotopic (exact) mass is 1580 g/mol. The maximum Gasteiger partial charge on any atom is 1.00 e. The molecule has 0 aliphatic rings. The number of aliphatic hydroxyl groups is 2. The summed E-state index contributed by atoms with van der Waals surface area (Å²) in [7, 11) is -1.39. The first kappa shape index (κ1) is 112. The van der Waals surface area contributed by atoms with E-state index in [0.29, 0.717) is 37.0 Å². The molecule has 0 atom stereocenters. The van der Waals surface area contributed by atoms with E-state index in [2.05, 4.69) is 179 Å². The number of nitrogens with zero attached hydrogens (tertiary/aromatic N) is 4. The number of aldehydes is 2. The molecule has 0 heterocycles. The molecule has 0 saturated carbocycles. The minimum atomic E-state index is -3.22. The fraction of sp³-hybridized carbons (Fsp3) is 0.581. The molecule has 27 heteroatoms. The van der Waals surface area contributed by atoms with Gasteiger partial charge in [0.2, 0.25) is 0 Å². The molecule has 0 aliphatic carbocycles. The summed E-state index contributed by atoms with van der Waals surface area (Å²) in [6, 6.07) is 36.5. The summed E-state index contributed by atoms with van der Waals surface area (Å²) in [5.41, 5.74) is 6.36. The van der Waals surface area contributed by atoms with Crippen LogP contribution >= 0.6 is 50.0 Å². The van der Waals surface area contributed by atoms with E-state index in [4.69, 9.17) is 40.8 Å². The second-order valence-electron chi connectivity index (χ2n) is 23.6. The Hall–Kier alpha value is -2.27. The minimum absolute atomic E-state index is 0. The minimum Gasteiger partial charge on any atom is -1.00 e. The SMILES string of the molecule is C.CC(=O)OC(C)=O.CC(C)(C)[Si](C)(C)Cl.CCN(CCCCCCO)c1ccc(C=O)cc1.CCN(CCCCCCO)c1ccccc1.CCN(CCCCCCOC(C)=O)c1ccc(C=O)cc1.CCN(CCCCCCOC(C)=O)c1ccccc1.O=CO[O-].O=P(Cl)(Cl)Cl.[H-].[K+].[K+]. The number of hydrogen-bond acceptors (Lipinski definition) is 19. The summed E-state index contributed by atoms with van der Waals surface area (Å²) in [4.78, 5) is 82.7. The van der Waals surface area contributed by atoms with Crippen LogP contribution < -0.4 is 128 Å². The van der Waals surface area contributed by atoms with E-state index >= 15 is 0 Å². The van der Waals surface area contributed by atoms with Gasteiger partial charge in [-0.15, -0.1) is 0 Å². The Balaban J connectivity index is -0.000000172. The number of esters is 4. The quantitative estimate of drug-likeness (QED) is 0.00407. The van der Waals surface area contributed by atoms with Gasteiger partial charge < -0.3 is 55.6 Å². The second kappa shape index (κ2) is 74.6. The third kappa shape index (κ3) is 74.4. The Morgan fingerprint density at radius 1 is 0.475 bits per heavy atom. The zero-order valence-electron chi connectivity index (χ0n) is 63.9. The number of carbonyl (C=O) groups excluding carboxylic acids is 7. The summed E-state index contributed by atoms with van der Waals surface area (Å²) in [5.74, 6) is -1.51. The Morgan fingerprint density at radius 3 is 0.881 bits per heavy atom. The van der Waals surface area contributed by atoms with Crippen LogP contribution in [0.4, 0.5) is 22.7 Å². The predicted octanol–water partition coefficient (Wildman–Crippen LogP) is 12.4. The second-order valence-corrected chi connectivity index (χ2v) is 37.5. The summed E-state index contributed by atoms with van der Waals surface area (Å²) >= 11 is 20.0. The number of benzene rings is 4. The van der Waals surface area contributed by atoms with Gasteiger partial charge in [-0.25, -0.2) is 0 Å². The molecule has 0 saturated heterocycles. The van der Waals surface area contributed by atoms with Crippen LogP contribution in [-0.2, 0) is 47.6 Å². The molecule has 0 amide bonds. The molecule has 4 rings (SSSR count). The molecule has 0 spiro atoms. The van der Waals surface area contributed by atoms with Gasteiger partial charge in [-0.2, -0.15) is 11.1 Å². The van der Waals surface area contributed by atoms with Gasteiger partial charge in [-0.1, -0.05) is 116 Å². The number of para-hydroxylation sites is 2. The van der Waals surface area contributed by atoms with Crippen molar-refractivity contribution in [1.82, 2.24) is 0 Å². The van der Waals surface area contributed by atoms with E-state index in [0.717, 1.165) is 153 Å². The van der Waals surface area contributed by atoms with Gasteiger partial charge in [0.05, 0.1) is 13.2 Å². The third-order valence-electron chi connectivity index (χ3n) is 14.6. The molecule has 0 fully saturated rings. The Kier molecular flexibility index (Phi) is 82.8. The number of halogens is 4. The molecular weight excluding hydrogens is 1460 g/mol. The molecule has 0 bridgehead atoms. The topological polar surface area (TPSA) is 250 Å². The number of anilines is 4. The number of ether oxygens (including phenoxy) is 3. The van der Waals surface area contributed by atoms with Gasteiger partial charge >= 0.3 is 132 Å². The first-order valence-corrected chi connectivity index (χ1v) is 42.3. The van der Waals surface area contributed by atoms with E-state index in [1.165, 1.54) is 70.4 Å². The maximum absolute atomic E-state index is 10.7. The fourth-order valence-corrected chi connectivity index (χ4v) is 8.37. The van der Waals surface area contributed by atoms with Crippen LogP contribution in [0.2, 0.25) is 18.1 Å². The van der Waals surface area contributed by atoms with Crippen molar-refractivity contribution in [2.24, 2.45) is 0 Å². The van der Waals surface area contributed by atoms with E-state index in [1.54, 1.807) is 0 Å². The summed E-state index contributed by atoms with van der Waals surface area (Å²) in [6.07, 6.45) is 19.3. The van der Waals surface area contributed by atoms with Gasteiger partial charge in [0, 0.05) is 127 Å². The molecule has 0 radical (unpaired) electrons. The summed E-state index contributed by atoms with van der Waals surface area (Å²) in [6.45, 7) is 34.7. The van der Waals surface area contributed by atoms with Crippen molar-refractivity contribution in [1.29, 1.82) is 0 Å². The van der Waals surface area contributed by atoms with Crippen LogP contribution in [0.1, 0.15) is 208 Å². The van der Waals surface area contributed by atoms with Gasteiger partial charge in [-0.3, -0.25) is 38.1 Å². The van der Waals surface area contributed by atoms with Crippen molar-refractivity contribution < 1.29 is 177 Å². The van der Waals surface area contributed by atoms with Crippen molar-refractivity contribution in [3.63, 3.8) is 0 Å². The van der Waals surface area contributed by atoms with Crippen LogP contribution in [0.15, 0.2) is 109 Å². The standard InChI is InChI=1S/C17H25NO3.C16H25NO2.C15H23NO2.C14H23NO.C6H15ClSi.C4H6O3.CH2O3.CH4.Cl3OP.2K.H/c1-3-18(17-10-8-16(14-19)9-11-17)12-6-4-5-7-13-21-15(2)20;1-3-17(16-11-7-6-8-12-16)13-9-4-5-10-14-19-15(2)18;1-2-16(11-5-3-4-6-12-17)15-9-7-14(13-18)8-10-15;1-2-15(12-8-3-4-9-13-16)14-10-6-5-7-11-14;1-6(2,3)8(4,5)7;1-3(5)7-4(2)6;2-1-4-3;;1-5(2,3)4;;;/h8-11,14H,3-7,12-13H2,1-2H3;6-8,11-12H,3-5,9-10,13-14H2,1-2H3;7-10,13,17H,2-6,11-12H2,1H3;5-7,10-11,16H,2-4,8-9,12-13H2,1H3;1-5H3;1-2H3;1,3H;1H4;;;;/q;;;;;;;;;2*+1;-1/p-1. The van der Waals surface area contributed by atoms with E-state index in [-0.39, 0.29) is 130 Å². The van der Waals surface area contributed by atoms with Gasteiger partial charge in [0.25, 0.3) is 6.47 Å². The molecule has 4 aromatic carbocycles. The van der Waals surface area contributed by atoms with E-state index in [1.807, 2.05) is 54.6 Å². The Bertz CT molecular complexity index is 2630. The maximum atomic E-state index is 10.7. The first-order valence-electron chi connectivity index (χ1n) is 33.9. The molecule has 0 aromatic heterocycles. The molecule has 568 valence electrons. The van der Waals surface area contributed by atoms with Crippen LogP contribution in [0, 0.1) is 0 Å². The van der Waals surface area contributed by atoms with Crippen LogP contribution in [-0.4, -0.2) is 139 Å². The van der Waals surface area contributed by atoms with Gasteiger partial charge in [0.1, 0.15) is 12.6 Å². The molecule has 2 N–H and O–H groups in total. The molecule has 4 aromatic rings. The average molecular weight is 1590 g/mol. The summed E-state index contributed by atoms with van der Waals surface area (Å²) in [5, 5.41) is 22.9. The zero-order chi connectivity index (χ0) is 75.1. The fourth-order valence-electron chi connectivity index (χ4n) is 8.37. The Labute approximate surface area is 714 Å². The van der Waals surface area contributed by atoms with Crippen LogP contribution in [0.3, 0.4) is 0 Å². The number of hydrogen-bond donors (Lipinski definition) is 2. The van der Waals surface area contributed by atoms with Crippen molar-refractivity contribution in [3.8, 4) is 0 Å². The molecular formula is C74H123Cl4K2N4O15PSi. The van der Waals surface area contributed by atoms with Crippen LogP contribution in [0.25, 0.3) is 0 Å². The molecule has 0 aliphatic heterocycles. The average Bonchev–Trinajstić information content (AvgIpc) is 0.939. The van der Waals surface area contributed by atoms with Gasteiger partial charge in [0.15, 0.2) is 7.38 Å². The molecule has 0 unspecified atom stereocenters. The number of carbonyl (C=O) groups is 7. The van der Waals surface area contributed by atoms with E-state index < -0.39 is 24.5 Å². The normalized spacial score (nSPS) is 9.98. The van der Waals surface area contributed by atoms with Crippen molar-refractivity contribution in [3.05, 3.63) is 120 Å². The molecule has 101 heavy (non-hydrogen) atoms. The zero-order valence-corrected chi connectivity index (χ0v) is 74.0. The smallest absolute Gasteiger partial charge is 1.00 e.